The molecule has 4 heteroatoms. The fraction of sp³-hybridized carbons (Fsp3) is 0.917. The largest absolute Gasteiger partial charge is 0.464 e. The molecule has 16 heavy (non-hydrogen) atoms. The van der Waals surface area contributed by atoms with Gasteiger partial charge in [0.1, 0.15) is 5.54 Å². The van der Waals surface area contributed by atoms with E-state index >= 15 is 0 Å². The van der Waals surface area contributed by atoms with Gasteiger partial charge in [-0.05, 0) is 32.2 Å². The van der Waals surface area contributed by atoms with E-state index in [2.05, 4.69) is 5.32 Å². The summed E-state index contributed by atoms with van der Waals surface area (Å²) in [7, 11) is 0. The second-order valence-electron chi connectivity index (χ2n) is 4.79. The lowest BCUT2D eigenvalue weighted by atomic mass is 9.94. The molecule has 0 saturated carbocycles. The first-order valence-corrected chi connectivity index (χ1v) is 6.27. The average Bonchev–Trinajstić information content (AvgIpc) is 2.97. The minimum absolute atomic E-state index is 0.0700. The Morgan fingerprint density at radius 3 is 3.06 bits per heavy atom. The molecule has 0 aliphatic carbocycles. The van der Waals surface area contributed by atoms with E-state index < -0.39 is 5.54 Å². The fourth-order valence-electron chi connectivity index (χ4n) is 2.47. The number of nitrogens with one attached hydrogen (secondary N) is 1. The Balaban J connectivity index is 1.81. The molecule has 2 aliphatic rings. The molecule has 0 bridgehead atoms. The van der Waals surface area contributed by atoms with Crippen molar-refractivity contribution in [3.63, 3.8) is 0 Å². The lowest BCUT2D eigenvalue weighted by Gasteiger charge is -2.26. The summed E-state index contributed by atoms with van der Waals surface area (Å²) in [6.45, 7) is 5.02. The summed E-state index contributed by atoms with van der Waals surface area (Å²) in [5.41, 5.74) is -0.403. The van der Waals surface area contributed by atoms with Gasteiger partial charge in [-0.2, -0.15) is 0 Å². The molecule has 0 aromatic rings. The molecule has 1 N–H and O–H groups in total. The van der Waals surface area contributed by atoms with Gasteiger partial charge in [0, 0.05) is 12.5 Å². The Morgan fingerprint density at radius 2 is 2.50 bits per heavy atom. The highest BCUT2D eigenvalue weighted by atomic mass is 16.5. The molecule has 2 atom stereocenters. The SMILES string of the molecule is CCC1(C(=O)OCC2CCOC2)CCCN1. The van der Waals surface area contributed by atoms with Crippen LogP contribution in [0.2, 0.25) is 0 Å². The zero-order chi connectivity index (χ0) is 11.4. The van der Waals surface area contributed by atoms with Crippen LogP contribution in [-0.2, 0) is 14.3 Å². The summed E-state index contributed by atoms with van der Waals surface area (Å²) in [5, 5.41) is 3.29. The van der Waals surface area contributed by atoms with Crippen LogP contribution < -0.4 is 5.32 Å². The highest BCUT2D eigenvalue weighted by molar-refractivity contribution is 5.81. The highest BCUT2D eigenvalue weighted by Gasteiger charge is 2.40. The van der Waals surface area contributed by atoms with E-state index in [-0.39, 0.29) is 5.97 Å². The second-order valence-corrected chi connectivity index (χ2v) is 4.79. The van der Waals surface area contributed by atoms with E-state index in [0.29, 0.717) is 12.5 Å². The van der Waals surface area contributed by atoms with E-state index in [4.69, 9.17) is 9.47 Å². The van der Waals surface area contributed by atoms with E-state index in [1.165, 1.54) is 0 Å². The summed E-state index contributed by atoms with van der Waals surface area (Å²) in [5.74, 6) is 0.332. The second kappa shape index (κ2) is 5.15. The first-order valence-electron chi connectivity index (χ1n) is 6.27. The van der Waals surface area contributed by atoms with Crippen LogP contribution in [0, 0.1) is 5.92 Å². The van der Waals surface area contributed by atoms with Crippen LogP contribution in [0.15, 0.2) is 0 Å². The van der Waals surface area contributed by atoms with Gasteiger partial charge in [0.25, 0.3) is 0 Å². The van der Waals surface area contributed by atoms with Crippen molar-refractivity contribution in [1.82, 2.24) is 5.32 Å². The molecule has 0 aromatic heterocycles. The quantitative estimate of drug-likeness (QED) is 0.731. The molecule has 2 saturated heterocycles. The lowest BCUT2D eigenvalue weighted by molar-refractivity contribution is -0.152. The maximum absolute atomic E-state index is 12.0. The highest BCUT2D eigenvalue weighted by Crippen LogP contribution is 2.25. The first kappa shape index (κ1) is 11.9. The van der Waals surface area contributed by atoms with Crippen molar-refractivity contribution in [3.8, 4) is 0 Å². The van der Waals surface area contributed by atoms with Crippen LogP contribution in [0.5, 0.6) is 0 Å². The molecule has 2 aliphatic heterocycles. The van der Waals surface area contributed by atoms with E-state index in [9.17, 15) is 4.79 Å². The van der Waals surface area contributed by atoms with E-state index in [0.717, 1.165) is 45.4 Å². The average molecular weight is 227 g/mol. The topological polar surface area (TPSA) is 47.6 Å². The van der Waals surface area contributed by atoms with Crippen molar-refractivity contribution in [3.05, 3.63) is 0 Å². The third-order valence-corrected chi connectivity index (χ3v) is 3.71. The third kappa shape index (κ3) is 2.38. The Morgan fingerprint density at radius 1 is 1.62 bits per heavy atom. The van der Waals surface area contributed by atoms with Crippen molar-refractivity contribution in [1.29, 1.82) is 0 Å². The summed E-state index contributed by atoms with van der Waals surface area (Å²) in [4.78, 5) is 12.0. The van der Waals surface area contributed by atoms with E-state index in [1.54, 1.807) is 0 Å². The first-order chi connectivity index (χ1) is 7.77. The van der Waals surface area contributed by atoms with E-state index in [1.807, 2.05) is 6.92 Å². The van der Waals surface area contributed by atoms with Gasteiger partial charge in [-0.25, -0.2) is 0 Å². The number of hydrogen-bond acceptors (Lipinski definition) is 4. The summed E-state index contributed by atoms with van der Waals surface area (Å²) in [6, 6.07) is 0. The van der Waals surface area contributed by atoms with Crippen LogP contribution >= 0.6 is 0 Å². The molecule has 2 unspecified atom stereocenters. The third-order valence-electron chi connectivity index (χ3n) is 3.71. The summed E-state index contributed by atoms with van der Waals surface area (Å²) >= 11 is 0. The molecule has 0 aromatic carbocycles. The molecule has 92 valence electrons. The van der Waals surface area contributed by atoms with Crippen LogP contribution in [-0.4, -0.2) is 37.9 Å². The molecule has 4 nitrogen and oxygen atoms in total. The van der Waals surface area contributed by atoms with Gasteiger partial charge in [0.05, 0.1) is 13.2 Å². The van der Waals surface area contributed by atoms with Gasteiger partial charge in [-0.1, -0.05) is 6.92 Å². The normalized spacial score (nSPS) is 34.2. The number of rotatable bonds is 4. The maximum atomic E-state index is 12.0. The molecule has 2 heterocycles. The lowest BCUT2D eigenvalue weighted by Crippen LogP contribution is -2.48. The summed E-state index contributed by atoms with van der Waals surface area (Å²) < 4.78 is 10.7. The number of carbonyl (C=O) groups excluding carboxylic acids is 1. The van der Waals surface area contributed by atoms with Crippen molar-refractivity contribution < 1.29 is 14.3 Å². The van der Waals surface area contributed by atoms with Crippen LogP contribution in [0.25, 0.3) is 0 Å². The number of hydrogen-bond donors (Lipinski definition) is 1. The van der Waals surface area contributed by atoms with Crippen molar-refractivity contribution >= 4 is 5.97 Å². The molecular weight excluding hydrogens is 206 g/mol. The van der Waals surface area contributed by atoms with Gasteiger partial charge in [-0.3, -0.25) is 4.79 Å². The Labute approximate surface area is 96.7 Å². The van der Waals surface area contributed by atoms with Gasteiger partial charge >= 0.3 is 5.97 Å². The fourth-order valence-corrected chi connectivity index (χ4v) is 2.47. The number of carbonyl (C=O) groups is 1. The number of esters is 1. The molecule has 0 radical (unpaired) electrons. The van der Waals surface area contributed by atoms with Crippen molar-refractivity contribution in [2.45, 2.75) is 38.1 Å². The zero-order valence-corrected chi connectivity index (χ0v) is 9.96. The number of ether oxygens (including phenoxy) is 2. The molecule has 0 spiro atoms. The zero-order valence-electron chi connectivity index (χ0n) is 9.96. The van der Waals surface area contributed by atoms with Crippen molar-refractivity contribution in [2.75, 3.05) is 26.4 Å². The Kier molecular flexibility index (Phi) is 3.82. The molecule has 2 rings (SSSR count). The van der Waals surface area contributed by atoms with Crippen molar-refractivity contribution in [2.24, 2.45) is 5.92 Å². The predicted molar refractivity (Wildman–Crippen MR) is 60.1 cm³/mol. The van der Waals surface area contributed by atoms with Gasteiger partial charge in [0.2, 0.25) is 0 Å². The minimum atomic E-state index is -0.403. The van der Waals surface area contributed by atoms with Gasteiger partial charge < -0.3 is 14.8 Å². The Bertz CT molecular complexity index is 243. The van der Waals surface area contributed by atoms with Crippen LogP contribution in [0.4, 0.5) is 0 Å². The molecule has 0 amide bonds. The molecular formula is C12H21NO3. The van der Waals surface area contributed by atoms with Crippen LogP contribution in [0.3, 0.4) is 0 Å². The Hall–Kier alpha value is -0.610. The smallest absolute Gasteiger partial charge is 0.326 e. The summed E-state index contributed by atoms with van der Waals surface area (Å²) in [6.07, 6.45) is 3.80. The monoisotopic (exact) mass is 227 g/mol. The minimum Gasteiger partial charge on any atom is -0.464 e. The van der Waals surface area contributed by atoms with Gasteiger partial charge in [-0.15, -0.1) is 0 Å². The predicted octanol–water partition coefficient (Wildman–Crippen LogP) is 1.10. The molecule has 2 fully saturated rings. The van der Waals surface area contributed by atoms with Crippen LogP contribution in [0.1, 0.15) is 32.6 Å². The maximum Gasteiger partial charge on any atom is 0.326 e. The standard InChI is InChI=1S/C12H21NO3/c1-2-12(5-3-6-13-12)11(14)16-9-10-4-7-15-8-10/h10,13H,2-9H2,1H3. The van der Waals surface area contributed by atoms with Gasteiger partial charge in [0.15, 0.2) is 0 Å².